The summed E-state index contributed by atoms with van der Waals surface area (Å²) < 4.78 is 0. The molecule has 0 aliphatic carbocycles. The molecule has 9 heavy (non-hydrogen) atoms. The van der Waals surface area contributed by atoms with E-state index in [4.69, 9.17) is 22.6 Å². The Bertz CT molecular complexity index is 126. The molecule has 0 saturated heterocycles. The van der Waals surface area contributed by atoms with E-state index in [1.165, 1.54) is 0 Å². The standard InChI is InChI=1S/C6H11ClN2/c1-6(2,4-7)5(9)3-8/h5H,4,9H2,1-2H3/t5-/m1/s1. The fourth-order valence-corrected chi connectivity index (χ4v) is 0.424. The van der Waals surface area contributed by atoms with Gasteiger partial charge in [-0.15, -0.1) is 11.6 Å². The lowest BCUT2D eigenvalue weighted by Crippen LogP contribution is -2.37. The summed E-state index contributed by atoms with van der Waals surface area (Å²) in [5.41, 5.74) is 5.15. The highest BCUT2D eigenvalue weighted by molar-refractivity contribution is 6.18. The third-order valence-corrected chi connectivity index (χ3v) is 2.01. The highest BCUT2D eigenvalue weighted by Crippen LogP contribution is 2.19. The number of nitrogens with two attached hydrogens (primary N) is 1. The molecule has 0 heterocycles. The molecule has 0 radical (unpaired) electrons. The van der Waals surface area contributed by atoms with Gasteiger partial charge in [0.25, 0.3) is 0 Å². The minimum atomic E-state index is -0.463. The minimum Gasteiger partial charge on any atom is -0.315 e. The Balaban J connectivity index is 4.01. The summed E-state index contributed by atoms with van der Waals surface area (Å²) in [5.74, 6) is 0.418. The molecule has 0 amide bonds. The number of alkyl halides is 1. The first-order valence-corrected chi connectivity index (χ1v) is 3.29. The Kier molecular flexibility index (Phi) is 2.96. The first-order valence-electron chi connectivity index (χ1n) is 2.76. The molecule has 1 atom stereocenters. The van der Waals surface area contributed by atoms with Crippen LogP contribution in [0.4, 0.5) is 0 Å². The number of halogens is 1. The summed E-state index contributed by atoms with van der Waals surface area (Å²) in [4.78, 5) is 0. The highest BCUT2D eigenvalue weighted by Gasteiger charge is 2.24. The third-order valence-electron chi connectivity index (χ3n) is 1.33. The van der Waals surface area contributed by atoms with Crippen molar-refractivity contribution in [2.45, 2.75) is 19.9 Å². The Labute approximate surface area is 60.6 Å². The maximum Gasteiger partial charge on any atom is 0.0991 e. The summed E-state index contributed by atoms with van der Waals surface area (Å²) in [6.45, 7) is 3.74. The molecule has 2 N–H and O–H groups in total. The number of rotatable bonds is 2. The molecule has 3 heteroatoms. The van der Waals surface area contributed by atoms with E-state index in [9.17, 15) is 0 Å². The van der Waals surface area contributed by atoms with Gasteiger partial charge in [0, 0.05) is 11.3 Å². The van der Waals surface area contributed by atoms with Crippen LogP contribution in [0.2, 0.25) is 0 Å². The largest absolute Gasteiger partial charge is 0.315 e. The average Bonchev–Trinajstić information content (AvgIpc) is 1.86. The molecule has 0 aromatic rings. The predicted octanol–water partition coefficient (Wildman–Crippen LogP) is 1.10. The van der Waals surface area contributed by atoms with Gasteiger partial charge in [0.1, 0.15) is 0 Å². The van der Waals surface area contributed by atoms with Crippen molar-refractivity contribution in [1.82, 2.24) is 0 Å². The first-order chi connectivity index (χ1) is 4.04. The zero-order chi connectivity index (χ0) is 7.49. The van der Waals surface area contributed by atoms with Crippen molar-refractivity contribution in [2.75, 3.05) is 5.88 Å². The molecule has 0 unspecified atom stereocenters. The molecule has 0 bridgehead atoms. The minimum absolute atomic E-state index is 0.268. The van der Waals surface area contributed by atoms with Crippen LogP contribution in [0.3, 0.4) is 0 Å². The fraction of sp³-hybridized carbons (Fsp3) is 0.833. The van der Waals surface area contributed by atoms with Crippen LogP contribution in [0, 0.1) is 16.7 Å². The average molecular weight is 147 g/mol. The van der Waals surface area contributed by atoms with Gasteiger partial charge >= 0.3 is 0 Å². The normalized spacial score (nSPS) is 14.6. The Morgan fingerprint density at radius 1 is 1.78 bits per heavy atom. The van der Waals surface area contributed by atoms with Gasteiger partial charge in [0.05, 0.1) is 12.1 Å². The highest BCUT2D eigenvalue weighted by atomic mass is 35.5. The summed E-state index contributed by atoms with van der Waals surface area (Å²) in [7, 11) is 0. The topological polar surface area (TPSA) is 49.8 Å². The van der Waals surface area contributed by atoms with E-state index in [2.05, 4.69) is 0 Å². The zero-order valence-corrected chi connectivity index (χ0v) is 6.44. The molecule has 0 rings (SSSR count). The summed E-state index contributed by atoms with van der Waals surface area (Å²) >= 11 is 5.54. The number of hydrogen-bond acceptors (Lipinski definition) is 2. The van der Waals surface area contributed by atoms with Crippen LogP contribution in [-0.4, -0.2) is 11.9 Å². The summed E-state index contributed by atoms with van der Waals surface area (Å²) in [6.07, 6.45) is 0. The van der Waals surface area contributed by atoms with Crippen molar-refractivity contribution in [1.29, 1.82) is 5.26 Å². The maximum atomic E-state index is 8.37. The van der Waals surface area contributed by atoms with E-state index >= 15 is 0 Å². The fourth-order valence-electron chi connectivity index (χ4n) is 0.258. The lowest BCUT2D eigenvalue weighted by atomic mass is 9.88. The molecular formula is C6H11ClN2. The van der Waals surface area contributed by atoms with Crippen LogP contribution in [-0.2, 0) is 0 Å². The number of hydrogen-bond donors (Lipinski definition) is 1. The summed E-state index contributed by atoms with van der Waals surface area (Å²) in [5, 5.41) is 8.37. The van der Waals surface area contributed by atoms with Crippen molar-refractivity contribution >= 4 is 11.6 Å². The molecule has 0 spiro atoms. The second kappa shape index (κ2) is 3.05. The Morgan fingerprint density at radius 2 is 2.22 bits per heavy atom. The van der Waals surface area contributed by atoms with Crippen molar-refractivity contribution in [3.63, 3.8) is 0 Å². The smallest absolute Gasteiger partial charge is 0.0991 e. The van der Waals surface area contributed by atoms with E-state index in [-0.39, 0.29) is 5.41 Å². The second-order valence-corrected chi connectivity index (χ2v) is 3.00. The van der Waals surface area contributed by atoms with E-state index in [0.717, 1.165) is 0 Å². The zero-order valence-electron chi connectivity index (χ0n) is 5.69. The quantitative estimate of drug-likeness (QED) is 0.594. The van der Waals surface area contributed by atoms with E-state index in [1.54, 1.807) is 0 Å². The summed E-state index contributed by atoms with van der Waals surface area (Å²) in [6, 6.07) is 1.49. The molecular weight excluding hydrogens is 136 g/mol. The van der Waals surface area contributed by atoms with E-state index < -0.39 is 6.04 Å². The third kappa shape index (κ3) is 2.21. The first kappa shape index (κ1) is 8.74. The van der Waals surface area contributed by atoms with Gasteiger partial charge in [-0.25, -0.2) is 0 Å². The maximum absolute atomic E-state index is 8.37. The molecule has 0 aliphatic heterocycles. The van der Waals surface area contributed by atoms with Crippen molar-refractivity contribution in [3.8, 4) is 6.07 Å². The van der Waals surface area contributed by atoms with Gasteiger partial charge in [-0.3, -0.25) is 0 Å². The van der Waals surface area contributed by atoms with Crippen LogP contribution in [0.5, 0.6) is 0 Å². The molecule has 52 valence electrons. The van der Waals surface area contributed by atoms with Gasteiger partial charge in [0.2, 0.25) is 0 Å². The van der Waals surface area contributed by atoms with E-state index in [0.29, 0.717) is 5.88 Å². The monoisotopic (exact) mass is 146 g/mol. The van der Waals surface area contributed by atoms with Gasteiger partial charge in [-0.05, 0) is 0 Å². The molecule has 0 aromatic carbocycles. The van der Waals surface area contributed by atoms with Crippen molar-refractivity contribution in [3.05, 3.63) is 0 Å². The Morgan fingerprint density at radius 3 is 2.33 bits per heavy atom. The predicted molar refractivity (Wildman–Crippen MR) is 38.1 cm³/mol. The lowest BCUT2D eigenvalue weighted by Gasteiger charge is -2.22. The van der Waals surface area contributed by atoms with Crippen LogP contribution in [0.25, 0.3) is 0 Å². The Hall–Kier alpha value is -0.260. The molecule has 0 saturated carbocycles. The van der Waals surface area contributed by atoms with Gasteiger partial charge < -0.3 is 5.73 Å². The van der Waals surface area contributed by atoms with Crippen LogP contribution in [0.1, 0.15) is 13.8 Å². The number of nitrogens with zero attached hydrogens (tertiary/aromatic N) is 1. The van der Waals surface area contributed by atoms with Crippen LogP contribution >= 0.6 is 11.6 Å². The SMILES string of the molecule is CC(C)(CCl)[C@H](N)C#N. The van der Waals surface area contributed by atoms with Gasteiger partial charge in [-0.2, -0.15) is 5.26 Å². The number of nitriles is 1. The lowest BCUT2D eigenvalue weighted by molar-refractivity contribution is 0.378. The van der Waals surface area contributed by atoms with Gasteiger partial charge in [-0.1, -0.05) is 13.8 Å². The van der Waals surface area contributed by atoms with E-state index in [1.807, 2.05) is 19.9 Å². The molecule has 2 nitrogen and oxygen atoms in total. The molecule has 0 aliphatic rings. The van der Waals surface area contributed by atoms with Crippen LogP contribution < -0.4 is 5.73 Å². The van der Waals surface area contributed by atoms with Crippen molar-refractivity contribution in [2.24, 2.45) is 11.1 Å². The molecule has 0 fully saturated rings. The second-order valence-electron chi connectivity index (χ2n) is 2.73. The van der Waals surface area contributed by atoms with Gasteiger partial charge in [0.15, 0.2) is 0 Å². The molecule has 0 aromatic heterocycles. The van der Waals surface area contributed by atoms with Crippen LogP contribution in [0.15, 0.2) is 0 Å². The van der Waals surface area contributed by atoms with Crippen molar-refractivity contribution < 1.29 is 0 Å².